The van der Waals surface area contributed by atoms with Crippen molar-refractivity contribution in [3.8, 4) is 0 Å². The summed E-state index contributed by atoms with van der Waals surface area (Å²) in [6.07, 6.45) is -0.533. The first kappa shape index (κ1) is 21.3. The minimum atomic E-state index is -0.533. The maximum atomic E-state index is 6.46. The zero-order valence-corrected chi connectivity index (χ0v) is 21.1. The lowest BCUT2D eigenvalue weighted by atomic mass is 10.0. The zero-order chi connectivity index (χ0) is 23.1. The van der Waals surface area contributed by atoms with E-state index in [-0.39, 0.29) is 0 Å². The van der Waals surface area contributed by atoms with Gasteiger partial charge in [0.15, 0.2) is 5.84 Å². The first-order chi connectivity index (χ1) is 16.7. The second-order valence-corrected chi connectivity index (χ2v) is 9.93. The molecule has 164 valence electrons. The van der Waals surface area contributed by atoms with Gasteiger partial charge in [0.05, 0.1) is 0 Å². The molecule has 1 atom stereocenters. The second-order valence-electron chi connectivity index (χ2n) is 8.10. The highest BCUT2D eigenvalue weighted by Crippen LogP contribution is 2.33. The highest BCUT2D eigenvalue weighted by molar-refractivity contribution is 9.11. The minimum Gasteiger partial charge on any atom is -0.447 e. The van der Waals surface area contributed by atoms with E-state index >= 15 is 0 Å². The van der Waals surface area contributed by atoms with Gasteiger partial charge >= 0.3 is 0 Å². The lowest BCUT2D eigenvalue weighted by Gasteiger charge is -2.24. The van der Waals surface area contributed by atoms with Gasteiger partial charge in [-0.1, -0.05) is 111 Å². The molecule has 0 fully saturated rings. The number of fused-ring (bicyclic) bond motifs is 2. The summed E-state index contributed by atoms with van der Waals surface area (Å²) in [4.78, 5) is 9.94. The Bertz CT molecular complexity index is 1590. The van der Waals surface area contributed by atoms with Crippen molar-refractivity contribution in [2.45, 2.75) is 6.23 Å². The summed E-state index contributed by atoms with van der Waals surface area (Å²) in [7, 11) is 0. The van der Waals surface area contributed by atoms with Crippen molar-refractivity contribution >= 4 is 65.1 Å². The molecule has 3 nitrogen and oxygen atoms in total. The van der Waals surface area contributed by atoms with E-state index in [4.69, 9.17) is 14.7 Å². The van der Waals surface area contributed by atoms with Crippen LogP contribution in [0.4, 0.5) is 0 Å². The predicted octanol–water partition coefficient (Wildman–Crippen LogP) is 8.44. The van der Waals surface area contributed by atoms with Crippen molar-refractivity contribution in [1.82, 2.24) is 0 Å². The Morgan fingerprint density at radius 1 is 0.618 bits per heavy atom. The molecule has 0 amide bonds. The summed E-state index contributed by atoms with van der Waals surface area (Å²) >= 11 is 7.20. The number of rotatable bonds is 3. The Hall–Kier alpha value is -3.28. The number of benzene rings is 5. The van der Waals surface area contributed by atoms with Crippen LogP contribution in [0.1, 0.15) is 22.9 Å². The third-order valence-electron chi connectivity index (χ3n) is 5.89. The van der Waals surface area contributed by atoms with Gasteiger partial charge in [-0.3, -0.25) is 0 Å². The average Bonchev–Trinajstić information content (AvgIpc) is 2.87. The first-order valence-corrected chi connectivity index (χ1v) is 12.5. The highest BCUT2D eigenvalue weighted by Gasteiger charge is 2.25. The number of halogens is 2. The average molecular weight is 570 g/mol. The van der Waals surface area contributed by atoms with Crippen LogP contribution < -0.4 is 0 Å². The quantitative estimate of drug-likeness (QED) is 0.214. The van der Waals surface area contributed by atoms with Crippen molar-refractivity contribution in [2.75, 3.05) is 0 Å². The maximum absolute atomic E-state index is 6.46. The number of amidine groups is 1. The van der Waals surface area contributed by atoms with E-state index in [0.29, 0.717) is 11.7 Å². The molecular weight excluding hydrogens is 552 g/mol. The molecule has 5 aromatic carbocycles. The fourth-order valence-corrected chi connectivity index (χ4v) is 5.67. The Kier molecular flexibility index (Phi) is 5.52. The van der Waals surface area contributed by atoms with Crippen LogP contribution in [0.3, 0.4) is 0 Å². The molecule has 0 saturated carbocycles. The van der Waals surface area contributed by atoms with Crippen LogP contribution in [-0.2, 0) is 4.74 Å². The number of aliphatic imine (C=N–C) groups is 2. The van der Waals surface area contributed by atoms with Crippen molar-refractivity contribution in [3.05, 3.63) is 129 Å². The molecule has 0 radical (unpaired) electrons. The molecule has 34 heavy (non-hydrogen) atoms. The van der Waals surface area contributed by atoms with Gasteiger partial charge in [-0.15, -0.1) is 0 Å². The molecular formula is C29H18Br2N2O. The normalized spacial score (nSPS) is 15.6. The summed E-state index contributed by atoms with van der Waals surface area (Å²) in [5, 5.41) is 4.50. The zero-order valence-electron chi connectivity index (χ0n) is 18.0. The van der Waals surface area contributed by atoms with E-state index < -0.39 is 6.23 Å². The van der Waals surface area contributed by atoms with E-state index in [1.165, 1.54) is 0 Å². The van der Waals surface area contributed by atoms with Gasteiger partial charge in [-0.25, -0.2) is 4.99 Å². The van der Waals surface area contributed by atoms with Gasteiger partial charge in [0, 0.05) is 25.6 Å². The third kappa shape index (κ3) is 3.95. The fourth-order valence-electron chi connectivity index (χ4n) is 4.34. The maximum Gasteiger partial charge on any atom is 0.225 e. The number of hydrogen-bond donors (Lipinski definition) is 0. The Morgan fingerprint density at radius 2 is 1.18 bits per heavy atom. The highest BCUT2D eigenvalue weighted by atomic mass is 79.9. The van der Waals surface area contributed by atoms with Gasteiger partial charge in [0.25, 0.3) is 0 Å². The summed E-state index contributed by atoms with van der Waals surface area (Å²) in [5.41, 5.74) is 2.87. The van der Waals surface area contributed by atoms with Gasteiger partial charge in [-0.2, -0.15) is 4.99 Å². The smallest absolute Gasteiger partial charge is 0.225 e. The van der Waals surface area contributed by atoms with Crippen LogP contribution >= 0.6 is 31.9 Å². The molecule has 5 aromatic rings. The second kappa shape index (κ2) is 8.82. The van der Waals surface area contributed by atoms with Gasteiger partial charge in [0.2, 0.25) is 12.1 Å². The predicted molar refractivity (Wildman–Crippen MR) is 147 cm³/mol. The van der Waals surface area contributed by atoms with Crippen LogP contribution in [0.5, 0.6) is 0 Å². The molecule has 0 aliphatic carbocycles. The van der Waals surface area contributed by atoms with E-state index in [0.717, 1.165) is 47.2 Å². The van der Waals surface area contributed by atoms with Crippen LogP contribution in [-0.4, -0.2) is 11.7 Å². The SMILES string of the molecule is Brc1cc(Br)cc(C2N=C(c3cccc4ccccc34)N=C(c3cccc4ccccc34)O2)c1. The van der Waals surface area contributed by atoms with Crippen LogP contribution in [0.2, 0.25) is 0 Å². The van der Waals surface area contributed by atoms with Crippen molar-refractivity contribution in [1.29, 1.82) is 0 Å². The van der Waals surface area contributed by atoms with Gasteiger partial charge < -0.3 is 4.74 Å². The van der Waals surface area contributed by atoms with E-state index in [1.54, 1.807) is 0 Å². The molecule has 0 N–H and O–H groups in total. The Labute approximate surface area is 214 Å². The largest absolute Gasteiger partial charge is 0.447 e. The van der Waals surface area contributed by atoms with Crippen molar-refractivity contribution in [2.24, 2.45) is 9.98 Å². The van der Waals surface area contributed by atoms with Crippen LogP contribution in [0, 0.1) is 0 Å². The topological polar surface area (TPSA) is 34.0 Å². The summed E-state index contributed by atoms with van der Waals surface area (Å²) in [6, 6.07) is 35.1. The molecule has 0 aromatic heterocycles. The van der Waals surface area contributed by atoms with E-state index in [2.05, 4.69) is 80.4 Å². The summed E-state index contributed by atoms with van der Waals surface area (Å²) in [6.45, 7) is 0. The van der Waals surface area contributed by atoms with Crippen LogP contribution in [0.25, 0.3) is 21.5 Å². The monoisotopic (exact) mass is 568 g/mol. The lowest BCUT2D eigenvalue weighted by molar-refractivity contribution is 0.199. The minimum absolute atomic E-state index is 0.533. The number of ether oxygens (including phenoxy) is 1. The Balaban J connectivity index is 1.57. The van der Waals surface area contributed by atoms with Crippen molar-refractivity contribution < 1.29 is 4.74 Å². The molecule has 5 heteroatoms. The van der Waals surface area contributed by atoms with Gasteiger partial charge in [-0.05, 0) is 45.8 Å². The third-order valence-corrected chi connectivity index (χ3v) is 6.81. The Morgan fingerprint density at radius 3 is 1.85 bits per heavy atom. The molecule has 0 spiro atoms. The number of nitrogens with zero attached hydrogens (tertiary/aromatic N) is 2. The molecule has 0 bridgehead atoms. The summed E-state index contributed by atoms with van der Waals surface area (Å²) in [5.74, 6) is 1.22. The van der Waals surface area contributed by atoms with Gasteiger partial charge in [0.1, 0.15) is 0 Å². The fraction of sp³-hybridized carbons (Fsp3) is 0.0345. The molecule has 0 saturated heterocycles. The molecule has 1 heterocycles. The summed E-state index contributed by atoms with van der Waals surface area (Å²) < 4.78 is 8.37. The first-order valence-electron chi connectivity index (χ1n) is 10.9. The molecule has 1 unspecified atom stereocenters. The number of hydrogen-bond acceptors (Lipinski definition) is 3. The van der Waals surface area contributed by atoms with Crippen molar-refractivity contribution in [3.63, 3.8) is 0 Å². The van der Waals surface area contributed by atoms with E-state index in [9.17, 15) is 0 Å². The molecule has 1 aliphatic rings. The lowest BCUT2D eigenvalue weighted by Crippen LogP contribution is -2.20. The standard InChI is InChI=1S/C29H18Br2N2O/c30-21-15-20(16-22(31)17-21)28-32-27(25-13-5-9-18-7-1-3-11-23(18)25)33-29(34-28)26-14-6-10-19-8-2-4-12-24(19)26/h1-17,28H. The van der Waals surface area contributed by atoms with E-state index in [1.807, 2.05) is 54.6 Å². The molecule has 1 aliphatic heterocycles. The van der Waals surface area contributed by atoms with Crippen LogP contribution in [0.15, 0.2) is 122 Å². The molecule has 6 rings (SSSR count).